The standard InChI is InChI=1S/C14H12N4O2/c1-8-16-13(11(7-15)17(8)2)9-4-5-12-10(6-9)18(3)14(19)20-12/h4-6H,1-3H3. The summed E-state index contributed by atoms with van der Waals surface area (Å²) >= 11 is 0. The molecule has 0 unspecified atom stereocenters. The summed E-state index contributed by atoms with van der Waals surface area (Å²) in [6.45, 7) is 1.84. The molecular weight excluding hydrogens is 256 g/mol. The van der Waals surface area contributed by atoms with Crippen LogP contribution in [0, 0.1) is 18.3 Å². The van der Waals surface area contributed by atoms with Crippen molar-refractivity contribution in [1.29, 1.82) is 5.26 Å². The summed E-state index contributed by atoms with van der Waals surface area (Å²) in [4.78, 5) is 15.9. The van der Waals surface area contributed by atoms with Gasteiger partial charge in [0.2, 0.25) is 0 Å². The van der Waals surface area contributed by atoms with E-state index < -0.39 is 5.76 Å². The molecule has 0 amide bonds. The highest BCUT2D eigenvalue weighted by Crippen LogP contribution is 2.26. The number of hydrogen-bond acceptors (Lipinski definition) is 4. The lowest BCUT2D eigenvalue weighted by Crippen LogP contribution is -2.08. The predicted octanol–water partition coefficient (Wildman–Crippen LogP) is 1.71. The third-order valence-electron chi connectivity index (χ3n) is 3.49. The fourth-order valence-corrected chi connectivity index (χ4v) is 2.21. The van der Waals surface area contributed by atoms with E-state index >= 15 is 0 Å². The first-order valence-corrected chi connectivity index (χ1v) is 6.06. The minimum Gasteiger partial charge on any atom is -0.408 e. The molecule has 100 valence electrons. The van der Waals surface area contributed by atoms with Gasteiger partial charge >= 0.3 is 5.76 Å². The smallest absolute Gasteiger partial charge is 0.408 e. The molecule has 0 saturated heterocycles. The summed E-state index contributed by atoms with van der Waals surface area (Å²) in [7, 11) is 3.45. The van der Waals surface area contributed by atoms with E-state index in [1.54, 1.807) is 30.8 Å². The SMILES string of the molecule is Cc1nc(-c2ccc3oc(=O)n(C)c3c2)c(C#N)n1C. The molecule has 20 heavy (non-hydrogen) atoms. The lowest BCUT2D eigenvalue weighted by Gasteiger charge is -1.99. The molecule has 1 aromatic carbocycles. The van der Waals surface area contributed by atoms with Crippen molar-refractivity contribution in [3.8, 4) is 17.3 Å². The number of aromatic nitrogens is 3. The average molecular weight is 268 g/mol. The predicted molar refractivity (Wildman–Crippen MR) is 73.1 cm³/mol. The topological polar surface area (TPSA) is 76.8 Å². The molecule has 0 fully saturated rings. The van der Waals surface area contributed by atoms with E-state index in [4.69, 9.17) is 4.42 Å². The highest BCUT2D eigenvalue weighted by Gasteiger charge is 2.15. The van der Waals surface area contributed by atoms with Crippen molar-refractivity contribution in [3.63, 3.8) is 0 Å². The first kappa shape index (κ1) is 12.2. The van der Waals surface area contributed by atoms with Crippen molar-refractivity contribution in [3.05, 3.63) is 40.3 Å². The Bertz CT molecular complexity index is 921. The third-order valence-corrected chi connectivity index (χ3v) is 3.49. The summed E-state index contributed by atoms with van der Waals surface area (Å²) in [6, 6.07) is 7.49. The van der Waals surface area contributed by atoms with Gasteiger partial charge in [0.1, 0.15) is 23.3 Å². The Kier molecular flexibility index (Phi) is 2.51. The van der Waals surface area contributed by atoms with Gasteiger partial charge in [0, 0.05) is 19.7 Å². The van der Waals surface area contributed by atoms with Crippen LogP contribution in [0.15, 0.2) is 27.4 Å². The van der Waals surface area contributed by atoms with Gasteiger partial charge in [-0.1, -0.05) is 0 Å². The molecule has 0 aliphatic rings. The third kappa shape index (κ3) is 1.57. The van der Waals surface area contributed by atoms with Gasteiger partial charge in [-0.05, 0) is 25.1 Å². The van der Waals surface area contributed by atoms with E-state index in [9.17, 15) is 10.1 Å². The number of rotatable bonds is 1. The second-order valence-electron chi connectivity index (χ2n) is 4.64. The quantitative estimate of drug-likeness (QED) is 0.673. The van der Waals surface area contributed by atoms with Crippen molar-refractivity contribution >= 4 is 11.1 Å². The summed E-state index contributed by atoms with van der Waals surface area (Å²) < 4.78 is 8.27. The summed E-state index contributed by atoms with van der Waals surface area (Å²) in [5.41, 5.74) is 3.10. The number of benzene rings is 1. The van der Waals surface area contributed by atoms with E-state index in [2.05, 4.69) is 11.1 Å². The highest BCUT2D eigenvalue weighted by atomic mass is 16.4. The Morgan fingerprint density at radius 3 is 2.75 bits per heavy atom. The van der Waals surface area contributed by atoms with E-state index in [0.717, 1.165) is 11.4 Å². The minimum absolute atomic E-state index is 0.408. The van der Waals surface area contributed by atoms with Crippen molar-refractivity contribution in [1.82, 2.24) is 14.1 Å². The first-order valence-electron chi connectivity index (χ1n) is 6.06. The molecule has 2 heterocycles. The van der Waals surface area contributed by atoms with Crippen LogP contribution in [0.2, 0.25) is 0 Å². The normalized spacial score (nSPS) is 10.9. The van der Waals surface area contributed by atoms with Crippen LogP contribution in [0.25, 0.3) is 22.4 Å². The number of oxazole rings is 1. The van der Waals surface area contributed by atoms with Crippen LogP contribution in [0.1, 0.15) is 11.5 Å². The molecule has 0 N–H and O–H groups in total. The number of hydrogen-bond donors (Lipinski definition) is 0. The molecule has 3 rings (SSSR count). The maximum absolute atomic E-state index is 11.5. The van der Waals surface area contributed by atoms with Crippen molar-refractivity contribution in [2.45, 2.75) is 6.92 Å². The Balaban J connectivity index is 2.31. The van der Waals surface area contributed by atoms with E-state index in [0.29, 0.717) is 22.5 Å². The lowest BCUT2D eigenvalue weighted by molar-refractivity contribution is 0.528. The molecular formula is C14H12N4O2. The number of imidazole rings is 1. The molecule has 6 heteroatoms. The van der Waals surface area contributed by atoms with Gasteiger partial charge < -0.3 is 8.98 Å². The molecule has 0 saturated carbocycles. The van der Waals surface area contributed by atoms with Crippen LogP contribution in [0.5, 0.6) is 0 Å². The molecule has 0 bridgehead atoms. The molecule has 0 spiro atoms. The molecule has 0 aliphatic carbocycles. The van der Waals surface area contributed by atoms with Crippen LogP contribution in [-0.4, -0.2) is 14.1 Å². The number of nitrogens with zero attached hydrogens (tertiary/aromatic N) is 4. The Morgan fingerprint density at radius 2 is 2.05 bits per heavy atom. The molecule has 0 aliphatic heterocycles. The van der Waals surface area contributed by atoms with Crippen LogP contribution in [0.4, 0.5) is 0 Å². The largest absolute Gasteiger partial charge is 0.419 e. The molecule has 0 atom stereocenters. The number of nitriles is 1. The van der Waals surface area contributed by atoms with E-state index in [1.165, 1.54) is 4.57 Å². The maximum atomic E-state index is 11.5. The zero-order valence-electron chi connectivity index (χ0n) is 11.3. The highest BCUT2D eigenvalue weighted by molar-refractivity contribution is 5.80. The van der Waals surface area contributed by atoms with Gasteiger partial charge in [-0.25, -0.2) is 9.78 Å². The second kappa shape index (κ2) is 4.10. The summed E-state index contributed by atoms with van der Waals surface area (Å²) in [5, 5.41) is 9.26. The maximum Gasteiger partial charge on any atom is 0.419 e. The van der Waals surface area contributed by atoms with Crippen molar-refractivity contribution < 1.29 is 4.42 Å². The van der Waals surface area contributed by atoms with Gasteiger partial charge in [0.25, 0.3) is 0 Å². The molecule has 0 radical (unpaired) electrons. The Labute approximate surface area is 114 Å². The Morgan fingerprint density at radius 1 is 1.30 bits per heavy atom. The van der Waals surface area contributed by atoms with Crippen molar-refractivity contribution in [2.24, 2.45) is 14.1 Å². The fraction of sp³-hybridized carbons (Fsp3) is 0.214. The van der Waals surface area contributed by atoms with Gasteiger partial charge in [-0.15, -0.1) is 0 Å². The first-order chi connectivity index (χ1) is 9.52. The van der Waals surface area contributed by atoms with Crippen LogP contribution >= 0.6 is 0 Å². The molecule has 2 aromatic heterocycles. The van der Waals surface area contributed by atoms with Crippen LogP contribution in [0.3, 0.4) is 0 Å². The molecule has 6 nitrogen and oxygen atoms in total. The second-order valence-corrected chi connectivity index (χ2v) is 4.64. The average Bonchev–Trinajstić information content (AvgIpc) is 2.88. The summed E-state index contributed by atoms with van der Waals surface area (Å²) in [5.74, 6) is 0.354. The van der Waals surface area contributed by atoms with E-state index in [1.807, 2.05) is 13.0 Å². The van der Waals surface area contributed by atoms with Crippen molar-refractivity contribution in [2.75, 3.05) is 0 Å². The van der Waals surface area contributed by atoms with Gasteiger partial charge in [0.05, 0.1) is 5.52 Å². The Hall–Kier alpha value is -2.81. The summed E-state index contributed by atoms with van der Waals surface area (Å²) in [6.07, 6.45) is 0. The monoisotopic (exact) mass is 268 g/mol. The van der Waals surface area contributed by atoms with Gasteiger partial charge in [-0.3, -0.25) is 4.57 Å². The fourth-order valence-electron chi connectivity index (χ4n) is 2.21. The lowest BCUT2D eigenvalue weighted by atomic mass is 10.1. The number of fused-ring (bicyclic) bond motifs is 1. The minimum atomic E-state index is -0.408. The van der Waals surface area contributed by atoms with Crippen LogP contribution in [-0.2, 0) is 14.1 Å². The van der Waals surface area contributed by atoms with Crippen LogP contribution < -0.4 is 5.76 Å². The van der Waals surface area contributed by atoms with Gasteiger partial charge in [-0.2, -0.15) is 5.26 Å². The molecule has 3 aromatic rings. The zero-order chi connectivity index (χ0) is 14.4. The van der Waals surface area contributed by atoms with E-state index in [-0.39, 0.29) is 0 Å². The van der Waals surface area contributed by atoms with Gasteiger partial charge in [0.15, 0.2) is 5.58 Å². The number of aryl methyl sites for hydroxylation is 2. The zero-order valence-corrected chi connectivity index (χ0v) is 11.3.